The Labute approximate surface area is 131 Å². The first-order chi connectivity index (χ1) is 9.60. The van der Waals surface area contributed by atoms with E-state index in [9.17, 15) is 0 Å². The maximum Gasteiger partial charge on any atom is 0.120 e. The zero-order valence-electron chi connectivity index (χ0n) is 15.1. The lowest BCUT2D eigenvalue weighted by molar-refractivity contribution is 0.139. The van der Waals surface area contributed by atoms with E-state index in [1.165, 1.54) is 11.1 Å². The van der Waals surface area contributed by atoms with Crippen molar-refractivity contribution in [2.24, 2.45) is 5.92 Å². The van der Waals surface area contributed by atoms with E-state index < -0.39 is 0 Å². The van der Waals surface area contributed by atoms with Gasteiger partial charge in [-0.2, -0.15) is 0 Å². The standard InChI is InChI=1S/C19H33NO/c1-13(2)17-10-9-16(11-15(17)5)21-18(14(3)4)12-20-19(6,7)8/h9-11,13-14,18,20H,12H2,1-8H3. The smallest absolute Gasteiger partial charge is 0.120 e. The summed E-state index contributed by atoms with van der Waals surface area (Å²) in [4.78, 5) is 0. The third-order valence-electron chi connectivity index (χ3n) is 3.73. The van der Waals surface area contributed by atoms with Gasteiger partial charge in [0.2, 0.25) is 0 Å². The summed E-state index contributed by atoms with van der Waals surface area (Å²) >= 11 is 0. The Hall–Kier alpha value is -1.02. The third kappa shape index (κ3) is 6.09. The van der Waals surface area contributed by atoms with E-state index in [2.05, 4.69) is 78.9 Å². The summed E-state index contributed by atoms with van der Waals surface area (Å²) in [7, 11) is 0. The fourth-order valence-corrected chi connectivity index (χ4v) is 2.36. The first-order valence-corrected chi connectivity index (χ1v) is 8.12. The second-order valence-corrected chi connectivity index (χ2v) is 7.70. The highest BCUT2D eigenvalue weighted by Gasteiger charge is 2.19. The first-order valence-electron chi connectivity index (χ1n) is 8.12. The van der Waals surface area contributed by atoms with Crippen LogP contribution < -0.4 is 10.1 Å². The third-order valence-corrected chi connectivity index (χ3v) is 3.73. The first kappa shape index (κ1) is 18.0. The molecule has 0 fully saturated rings. The van der Waals surface area contributed by atoms with Gasteiger partial charge in [0.05, 0.1) is 0 Å². The average Bonchev–Trinajstić information content (AvgIpc) is 2.32. The van der Waals surface area contributed by atoms with Crippen molar-refractivity contribution in [3.8, 4) is 5.75 Å². The maximum atomic E-state index is 6.22. The van der Waals surface area contributed by atoms with Crippen molar-refractivity contribution in [1.82, 2.24) is 5.32 Å². The predicted molar refractivity (Wildman–Crippen MR) is 92.3 cm³/mol. The van der Waals surface area contributed by atoms with E-state index in [1.54, 1.807) is 0 Å². The molecule has 0 saturated carbocycles. The molecular weight excluding hydrogens is 258 g/mol. The highest BCUT2D eigenvalue weighted by atomic mass is 16.5. The van der Waals surface area contributed by atoms with E-state index in [1.807, 2.05) is 0 Å². The molecule has 1 N–H and O–H groups in total. The van der Waals surface area contributed by atoms with Crippen LogP contribution in [0.25, 0.3) is 0 Å². The number of rotatable bonds is 6. The monoisotopic (exact) mass is 291 g/mol. The highest BCUT2D eigenvalue weighted by molar-refractivity contribution is 5.36. The van der Waals surface area contributed by atoms with Crippen molar-refractivity contribution < 1.29 is 4.74 Å². The van der Waals surface area contributed by atoms with Gasteiger partial charge in [0.15, 0.2) is 0 Å². The Balaban J connectivity index is 2.78. The van der Waals surface area contributed by atoms with Gasteiger partial charge in [0.1, 0.15) is 11.9 Å². The number of hydrogen-bond acceptors (Lipinski definition) is 2. The molecular formula is C19H33NO. The van der Waals surface area contributed by atoms with Crippen molar-refractivity contribution in [2.45, 2.75) is 73.0 Å². The SMILES string of the molecule is Cc1cc(OC(CNC(C)(C)C)C(C)C)ccc1C(C)C. The number of nitrogens with one attached hydrogen (secondary N) is 1. The Kier molecular flexibility index (Phi) is 6.27. The molecule has 0 aliphatic heterocycles. The molecule has 2 nitrogen and oxygen atoms in total. The van der Waals surface area contributed by atoms with Crippen molar-refractivity contribution in [1.29, 1.82) is 0 Å². The number of hydrogen-bond donors (Lipinski definition) is 1. The lowest BCUT2D eigenvalue weighted by atomic mass is 9.98. The Morgan fingerprint density at radius 2 is 1.71 bits per heavy atom. The molecule has 0 amide bonds. The van der Waals surface area contributed by atoms with E-state index in [4.69, 9.17) is 4.74 Å². The largest absolute Gasteiger partial charge is 0.489 e. The average molecular weight is 291 g/mol. The molecule has 1 aromatic carbocycles. The van der Waals surface area contributed by atoms with Gasteiger partial charge in [-0.1, -0.05) is 33.8 Å². The summed E-state index contributed by atoms with van der Waals surface area (Å²) in [6, 6.07) is 6.47. The van der Waals surface area contributed by atoms with E-state index >= 15 is 0 Å². The molecule has 0 radical (unpaired) electrons. The Morgan fingerprint density at radius 1 is 1.10 bits per heavy atom. The molecule has 0 aromatic heterocycles. The van der Waals surface area contributed by atoms with Gasteiger partial charge in [-0.3, -0.25) is 0 Å². The van der Waals surface area contributed by atoms with Crippen molar-refractivity contribution in [3.05, 3.63) is 29.3 Å². The van der Waals surface area contributed by atoms with Crippen LogP contribution in [-0.4, -0.2) is 18.2 Å². The van der Waals surface area contributed by atoms with Crippen molar-refractivity contribution in [2.75, 3.05) is 6.54 Å². The van der Waals surface area contributed by atoms with Gasteiger partial charge in [0, 0.05) is 12.1 Å². The Morgan fingerprint density at radius 3 is 2.14 bits per heavy atom. The van der Waals surface area contributed by atoms with Crippen LogP contribution in [-0.2, 0) is 0 Å². The highest BCUT2D eigenvalue weighted by Crippen LogP contribution is 2.25. The molecule has 1 aromatic rings. The van der Waals surface area contributed by atoms with Crippen LogP contribution in [0.1, 0.15) is 65.5 Å². The molecule has 120 valence electrons. The van der Waals surface area contributed by atoms with Crippen LogP contribution >= 0.6 is 0 Å². The fourth-order valence-electron chi connectivity index (χ4n) is 2.36. The molecule has 1 rings (SSSR count). The molecule has 0 saturated heterocycles. The van der Waals surface area contributed by atoms with Crippen molar-refractivity contribution >= 4 is 0 Å². The summed E-state index contributed by atoms with van der Waals surface area (Å²) in [5.74, 6) is 2.01. The second-order valence-electron chi connectivity index (χ2n) is 7.70. The minimum Gasteiger partial charge on any atom is -0.489 e. The molecule has 0 heterocycles. The molecule has 0 aliphatic carbocycles. The molecule has 0 bridgehead atoms. The number of benzene rings is 1. The van der Waals surface area contributed by atoms with Crippen LogP contribution in [0.15, 0.2) is 18.2 Å². The number of aryl methyl sites for hydroxylation is 1. The maximum absolute atomic E-state index is 6.22. The van der Waals surface area contributed by atoms with Crippen molar-refractivity contribution in [3.63, 3.8) is 0 Å². The predicted octanol–water partition coefficient (Wildman–Crippen LogP) is 4.91. The summed E-state index contributed by atoms with van der Waals surface area (Å²) in [5, 5.41) is 3.54. The van der Waals surface area contributed by atoms with Crippen LogP contribution in [0, 0.1) is 12.8 Å². The van der Waals surface area contributed by atoms with Gasteiger partial charge >= 0.3 is 0 Å². The Bertz CT molecular complexity index is 443. The van der Waals surface area contributed by atoms with Gasteiger partial charge in [-0.05, 0) is 62.8 Å². The summed E-state index contributed by atoms with van der Waals surface area (Å²) in [6.45, 7) is 18.5. The summed E-state index contributed by atoms with van der Waals surface area (Å²) < 4.78 is 6.22. The zero-order valence-corrected chi connectivity index (χ0v) is 15.1. The minimum absolute atomic E-state index is 0.119. The van der Waals surface area contributed by atoms with Gasteiger partial charge in [0.25, 0.3) is 0 Å². The van der Waals surface area contributed by atoms with Crippen LogP contribution in [0.3, 0.4) is 0 Å². The number of ether oxygens (including phenoxy) is 1. The topological polar surface area (TPSA) is 21.3 Å². The second kappa shape index (κ2) is 7.31. The molecule has 21 heavy (non-hydrogen) atoms. The van der Waals surface area contributed by atoms with Gasteiger partial charge in [-0.25, -0.2) is 0 Å². The van der Waals surface area contributed by atoms with Crippen LogP contribution in [0.4, 0.5) is 0 Å². The molecule has 0 aliphatic rings. The molecule has 1 atom stereocenters. The summed E-state index contributed by atoms with van der Waals surface area (Å²) in [5.41, 5.74) is 2.83. The lowest BCUT2D eigenvalue weighted by Gasteiger charge is -2.28. The normalized spacial score (nSPS) is 13.8. The van der Waals surface area contributed by atoms with Crippen LogP contribution in [0.2, 0.25) is 0 Å². The molecule has 2 heteroatoms. The van der Waals surface area contributed by atoms with E-state index in [0.717, 1.165) is 12.3 Å². The summed E-state index contributed by atoms with van der Waals surface area (Å²) in [6.07, 6.45) is 0.188. The van der Waals surface area contributed by atoms with E-state index in [-0.39, 0.29) is 11.6 Å². The zero-order chi connectivity index (χ0) is 16.2. The quantitative estimate of drug-likeness (QED) is 0.804. The molecule has 0 spiro atoms. The molecule has 1 unspecified atom stereocenters. The lowest BCUT2D eigenvalue weighted by Crippen LogP contribution is -2.44. The minimum atomic E-state index is 0.119. The van der Waals surface area contributed by atoms with Crippen LogP contribution in [0.5, 0.6) is 5.75 Å². The van der Waals surface area contributed by atoms with E-state index in [0.29, 0.717) is 11.8 Å². The van der Waals surface area contributed by atoms with Gasteiger partial charge < -0.3 is 10.1 Å². The van der Waals surface area contributed by atoms with Gasteiger partial charge in [-0.15, -0.1) is 0 Å². The fraction of sp³-hybridized carbons (Fsp3) is 0.684.